The Labute approximate surface area is 150 Å². The number of aromatic nitrogens is 1. The quantitative estimate of drug-likeness (QED) is 0.932. The molecular weight excluding hydrogens is 310 g/mol. The van der Waals surface area contributed by atoms with Gasteiger partial charge in [-0.25, -0.2) is 0 Å². The number of carbonyl (C=O) groups is 1. The van der Waals surface area contributed by atoms with Gasteiger partial charge in [0.2, 0.25) is 5.91 Å². The molecule has 4 rings (SSSR count). The number of carbonyl (C=O) groups excluding carboxylic acids is 1. The molecule has 0 aliphatic carbocycles. The Hall–Kier alpha value is -1.81. The molecule has 1 aromatic carbocycles. The number of benzene rings is 1. The fourth-order valence-corrected chi connectivity index (χ4v) is 4.73. The Morgan fingerprint density at radius 2 is 2.08 bits per heavy atom. The van der Waals surface area contributed by atoms with Gasteiger partial charge in [-0.2, -0.15) is 0 Å². The van der Waals surface area contributed by atoms with E-state index in [0.717, 1.165) is 32.4 Å². The summed E-state index contributed by atoms with van der Waals surface area (Å²) in [5.41, 5.74) is 2.54. The molecule has 134 valence electrons. The number of aryl methyl sites for hydroxylation is 2. The molecule has 0 saturated carbocycles. The van der Waals surface area contributed by atoms with E-state index in [1.807, 2.05) is 0 Å². The molecule has 2 saturated heterocycles. The Balaban J connectivity index is 1.47. The highest BCUT2D eigenvalue weighted by molar-refractivity contribution is 5.85. The first-order valence-corrected chi connectivity index (χ1v) is 9.80. The van der Waals surface area contributed by atoms with Gasteiger partial charge in [-0.15, -0.1) is 0 Å². The van der Waals surface area contributed by atoms with Gasteiger partial charge in [0.25, 0.3) is 0 Å². The third kappa shape index (κ3) is 3.32. The Bertz CT molecular complexity index is 751. The third-order valence-electron chi connectivity index (χ3n) is 6.03. The van der Waals surface area contributed by atoms with Crippen LogP contribution in [0.2, 0.25) is 0 Å². The number of amides is 1. The highest BCUT2D eigenvalue weighted by atomic mass is 16.2. The van der Waals surface area contributed by atoms with Crippen LogP contribution in [0, 0.1) is 0 Å². The number of nitrogens with one attached hydrogen (secondary N) is 1. The van der Waals surface area contributed by atoms with Crippen LogP contribution in [0.5, 0.6) is 0 Å². The summed E-state index contributed by atoms with van der Waals surface area (Å²) in [5, 5.41) is 4.90. The molecule has 0 unspecified atom stereocenters. The summed E-state index contributed by atoms with van der Waals surface area (Å²) < 4.78 is 2.17. The molecule has 4 heteroatoms. The van der Waals surface area contributed by atoms with Gasteiger partial charge in [0.1, 0.15) is 0 Å². The number of nitrogens with zero attached hydrogens (tertiary/aromatic N) is 2. The lowest BCUT2D eigenvalue weighted by Gasteiger charge is -2.35. The van der Waals surface area contributed by atoms with Crippen molar-refractivity contribution in [2.45, 2.75) is 57.0 Å². The van der Waals surface area contributed by atoms with E-state index in [1.54, 1.807) is 0 Å². The molecule has 2 aromatic rings. The van der Waals surface area contributed by atoms with Crippen molar-refractivity contribution in [3.05, 3.63) is 36.0 Å². The van der Waals surface area contributed by atoms with E-state index in [1.165, 1.54) is 35.7 Å². The maximum absolute atomic E-state index is 13.0. The van der Waals surface area contributed by atoms with E-state index in [4.69, 9.17) is 0 Å². The smallest absolute Gasteiger partial charge is 0.223 e. The molecule has 0 spiro atoms. The van der Waals surface area contributed by atoms with Crippen LogP contribution in [-0.4, -0.2) is 40.5 Å². The van der Waals surface area contributed by atoms with Crippen LogP contribution in [0.4, 0.5) is 0 Å². The average molecular weight is 339 g/mol. The maximum atomic E-state index is 13.0. The van der Waals surface area contributed by atoms with Gasteiger partial charge in [-0.05, 0) is 43.9 Å². The van der Waals surface area contributed by atoms with E-state index in [9.17, 15) is 4.79 Å². The van der Waals surface area contributed by atoms with E-state index in [0.29, 0.717) is 24.4 Å². The lowest BCUT2D eigenvalue weighted by atomic mass is 9.97. The molecule has 1 amide bonds. The monoisotopic (exact) mass is 339 g/mol. The summed E-state index contributed by atoms with van der Waals surface area (Å²) in [6, 6.07) is 9.41. The number of hydrogen-bond acceptors (Lipinski definition) is 2. The van der Waals surface area contributed by atoms with Crippen LogP contribution in [0.1, 0.15) is 44.1 Å². The Morgan fingerprint density at radius 3 is 3.00 bits per heavy atom. The first-order valence-electron chi connectivity index (χ1n) is 9.80. The molecule has 1 aromatic heterocycles. The third-order valence-corrected chi connectivity index (χ3v) is 6.03. The van der Waals surface area contributed by atoms with Crippen LogP contribution in [0.25, 0.3) is 10.9 Å². The number of para-hydroxylation sites is 1. The first-order chi connectivity index (χ1) is 12.2. The zero-order valence-corrected chi connectivity index (χ0v) is 15.2. The first kappa shape index (κ1) is 16.6. The number of rotatable bonds is 3. The normalized spacial score (nSPS) is 24.1. The van der Waals surface area contributed by atoms with Crippen molar-refractivity contribution >= 4 is 16.8 Å². The Kier molecular flexibility index (Phi) is 4.80. The largest absolute Gasteiger partial charge is 0.350 e. The predicted octanol–water partition coefficient (Wildman–Crippen LogP) is 3.24. The van der Waals surface area contributed by atoms with Crippen molar-refractivity contribution in [2.24, 2.45) is 7.05 Å². The molecule has 25 heavy (non-hydrogen) atoms. The minimum absolute atomic E-state index is 0.341. The number of likely N-dealkylation sites (tertiary alicyclic amines) is 1. The molecule has 0 radical (unpaired) electrons. The van der Waals surface area contributed by atoms with Crippen LogP contribution < -0.4 is 5.32 Å². The van der Waals surface area contributed by atoms with Crippen molar-refractivity contribution in [1.29, 1.82) is 0 Å². The zero-order valence-electron chi connectivity index (χ0n) is 15.2. The second-order valence-corrected chi connectivity index (χ2v) is 7.64. The van der Waals surface area contributed by atoms with Gasteiger partial charge in [0, 0.05) is 49.2 Å². The molecule has 0 bridgehead atoms. The van der Waals surface area contributed by atoms with Gasteiger partial charge < -0.3 is 14.8 Å². The summed E-state index contributed by atoms with van der Waals surface area (Å²) in [6.45, 7) is 2.00. The summed E-state index contributed by atoms with van der Waals surface area (Å²) in [7, 11) is 2.08. The SMILES string of the molecule is Cn1cc(CCC(=O)N2CCCCC[C@H]3NCC[C@@H]32)c2ccccc21. The summed E-state index contributed by atoms with van der Waals surface area (Å²) in [5.74, 6) is 0.341. The molecule has 3 heterocycles. The van der Waals surface area contributed by atoms with Crippen LogP contribution in [0.3, 0.4) is 0 Å². The van der Waals surface area contributed by atoms with Crippen molar-refractivity contribution in [1.82, 2.24) is 14.8 Å². The van der Waals surface area contributed by atoms with E-state index >= 15 is 0 Å². The van der Waals surface area contributed by atoms with Crippen molar-refractivity contribution < 1.29 is 4.79 Å². The van der Waals surface area contributed by atoms with Crippen LogP contribution >= 0.6 is 0 Å². The Morgan fingerprint density at radius 1 is 1.20 bits per heavy atom. The van der Waals surface area contributed by atoms with Gasteiger partial charge in [0.15, 0.2) is 0 Å². The highest BCUT2D eigenvalue weighted by Crippen LogP contribution is 2.25. The van der Waals surface area contributed by atoms with Gasteiger partial charge >= 0.3 is 0 Å². The van der Waals surface area contributed by atoms with Gasteiger partial charge in [0.05, 0.1) is 0 Å². The van der Waals surface area contributed by atoms with E-state index < -0.39 is 0 Å². The van der Waals surface area contributed by atoms with Gasteiger partial charge in [-0.1, -0.05) is 31.0 Å². The average Bonchev–Trinajstić information content (AvgIpc) is 3.18. The zero-order chi connectivity index (χ0) is 17.2. The van der Waals surface area contributed by atoms with Crippen LogP contribution in [0.15, 0.2) is 30.5 Å². The van der Waals surface area contributed by atoms with Crippen LogP contribution in [-0.2, 0) is 18.3 Å². The summed E-state index contributed by atoms with van der Waals surface area (Å²) in [6.07, 6.45) is 9.68. The summed E-state index contributed by atoms with van der Waals surface area (Å²) >= 11 is 0. The minimum Gasteiger partial charge on any atom is -0.350 e. The standard InChI is InChI=1S/C21H29N3O/c1-23-15-16(17-7-4-5-9-19(17)23)10-11-21(25)24-14-6-2-3-8-18-20(24)12-13-22-18/h4-5,7,9,15,18,20,22H,2-3,6,8,10-14H2,1H3/t18-,20+/m1/s1. The highest BCUT2D eigenvalue weighted by Gasteiger charge is 2.34. The fraction of sp³-hybridized carbons (Fsp3) is 0.571. The fourth-order valence-electron chi connectivity index (χ4n) is 4.73. The molecule has 2 atom stereocenters. The maximum Gasteiger partial charge on any atom is 0.223 e. The minimum atomic E-state index is 0.341. The topological polar surface area (TPSA) is 37.3 Å². The molecule has 2 aliphatic heterocycles. The molecule has 4 nitrogen and oxygen atoms in total. The number of fused-ring (bicyclic) bond motifs is 2. The molecule has 1 N–H and O–H groups in total. The van der Waals surface area contributed by atoms with Crippen molar-refractivity contribution in [3.8, 4) is 0 Å². The summed E-state index contributed by atoms with van der Waals surface area (Å²) in [4.78, 5) is 15.2. The molecule has 2 aliphatic rings. The van der Waals surface area contributed by atoms with E-state index in [2.05, 4.69) is 52.3 Å². The van der Waals surface area contributed by atoms with Gasteiger partial charge in [-0.3, -0.25) is 4.79 Å². The molecule has 2 fully saturated rings. The van der Waals surface area contributed by atoms with Crippen molar-refractivity contribution in [3.63, 3.8) is 0 Å². The number of hydrogen-bond donors (Lipinski definition) is 1. The lowest BCUT2D eigenvalue weighted by molar-refractivity contribution is -0.134. The van der Waals surface area contributed by atoms with E-state index in [-0.39, 0.29) is 0 Å². The molecular formula is C21H29N3O. The van der Waals surface area contributed by atoms with Crippen molar-refractivity contribution in [2.75, 3.05) is 13.1 Å². The predicted molar refractivity (Wildman–Crippen MR) is 102 cm³/mol. The second kappa shape index (κ2) is 7.20. The second-order valence-electron chi connectivity index (χ2n) is 7.64. The lowest BCUT2D eigenvalue weighted by Crippen LogP contribution is -2.48.